The Hall–Kier alpha value is -0.350. The lowest BCUT2D eigenvalue weighted by molar-refractivity contribution is 1.09. The Balaban J connectivity index is 4.26. The van der Waals surface area contributed by atoms with Crippen molar-refractivity contribution in [3.8, 4) is 0 Å². The Morgan fingerprint density at radius 2 is 1.91 bits per heavy atom. The molecule has 0 heterocycles. The van der Waals surface area contributed by atoms with Crippen LogP contribution in [0.2, 0.25) is 0 Å². The van der Waals surface area contributed by atoms with Crippen molar-refractivity contribution in [2.75, 3.05) is 0 Å². The van der Waals surface area contributed by atoms with Gasteiger partial charge in [0.15, 0.2) is 0 Å². The maximum atomic E-state index is 3.83. The van der Waals surface area contributed by atoms with E-state index >= 15 is 0 Å². The van der Waals surface area contributed by atoms with Gasteiger partial charge in [-0.05, 0) is 38.3 Å². The third kappa shape index (κ3) is 4.98. The summed E-state index contributed by atoms with van der Waals surface area (Å²) in [6, 6.07) is 0. The summed E-state index contributed by atoms with van der Waals surface area (Å²) in [7, 11) is 1.30. The molecule has 0 saturated heterocycles. The van der Waals surface area contributed by atoms with Gasteiger partial charge in [0.2, 0.25) is 0 Å². The summed E-state index contributed by atoms with van der Waals surface area (Å²) < 4.78 is 0. The van der Waals surface area contributed by atoms with Crippen molar-refractivity contribution in [2.45, 2.75) is 34.1 Å². The standard InChI is InChI=1S/C10H17P/c1-6-9(4)10(5)11-7-8(2)3/h7H,2,6H2,1,3-5H3. The Morgan fingerprint density at radius 1 is 1.36 bits per heavy atom. The van der Waals surface area contributed by atoms with Crippen molar-refractivity contribution < 1.29 is 0 Å². The molecule has 0 nitrogen and oxygen atoms in total. The molecule has 11 heavy (non-hydrogen) atoms. The highest BCUT2D eigenvalue weighted by molar-refractivity contribution is 7.43. The quantitative estimate of drug-likeness (QED) is 0.558. The normalized spacial score (nSPS) is 13.5. The van der Waals surface area contributed by atoms with Gasteiger partial charge < -0.3 is 0 Å². The lowest BCUT2D eigenvalue weighted by Gasteiger charge is -1.97. The van der Waals surface area contributed by atoms with Crippen LogP contribution in [0.3, 0.4) is 0 Å². The fourth-order valence-electron chi connectivity index (χ4n) is 0.573. The summed E-state index contributed by atoms with van der Waals surface area (Å²) in [5.41, 5.74) is 2.64. The predicted octanol–water partition coefficient (Wildman–Crippen LogP) is 4.01. The topological polar surface area (TPSA) is 0 Å². The minimum absolute atomic E-state index is 1.15. The molecule has 0 aromatic heterocycles. The number of rotatable bonds is 3. The predicted molar refractivity (Wildman–Crippen MR) is 56.5 cm³/mol. The first-order valence-corrected chi connectivity index (χ1v) is 4.90. The van der Waals surface area contributed by atoms with Gasteiger partial charge in [-0.3, -0.25) is 0 Å². The van der Waals surface area contributed by atoms with Gasteiger partial charge in [-0.25, -0.2) is 0 Å². The van der Waals surface area contributed by atoms with E-state index < -0.39 is 0 Å². The highest BCUT2D eigenvalue weighted by Gasteiger charge is 1.89. The average Bonchev–Trinajstić information content (AvgIpc) is 1.98. The van der Waals surface area contributed by atoms with E-state index in [1.165, 1.54) is 19.1 Å². The van der Waals surface area contributed by atoms with Gasteiger partial charge in [-0.2, -0.15) is 0 Å². The molecule has 0 aliphatic heterocycles. The molecule has 0 saturated carbocycles. The smallest absolute Gasteiger partial charge is 0.0248 e. The van der Waals surface area contributed by atoms with Gasteiger partial charge in [0.1, 0.15) is 0 Å². The Bertz CT molecular complexity index is 197. The summed E-state index contributed by atoms with van der Waals surface area (Å²) in [4.78, 5) is 0. The highest BCUT2D eigenvalue weighted by Crippen LogP contribution is 2.19. The maximum Gasteiger partial charge on any atom is -0.0248 e. The lowest BCUT2D eigenvalue weighted by Crippen LogP contribution is -1.74. The zero-order valence-electron chi connectivity index (χ0n) is 7.94. The zero-order chi connectivity index (χ0) is 8.85. The van der Waals surface area contributed by atoms with Crippen LogP contribution < -0.4 is 0 Å². The number of hydrogen-bond acceptors (Lipinski definition) is 0. The van der Waals surface area contributed by atoms with E-state index in [2.05, 4.69) is 33.1 Å². The fourth-order valence-corrected chi connectivity index (χ4v) is 1.37. The zero-order valence-corrected chi connectivity index (χ0v) is 8.83. The van der Waals surface area contributed by atoms with Crippen molar-refractivity contribution in [1.82, 2.24) is 0 Å². The van der Waals surface area contributed by atoms with Crippen molar-refractivity contribution in [2.24, 2.45) is 0 Å². The molecular weight excluding hydrogens is 151 g/mol. The Morgan fingerprint density at radius 3 is 2.27 bits per heavy atom. The van der Waals surface area contributed by atoms with Crippen LogP contribution in [-0.4, -0.2) is 5.80 Å². The van der Waals surface area contributed by atoms with Gasteiger partial charge in [0, 0.05) is 0 Å². The molecule has 0 radical (unpaired) electrons. The van der Waals surface area contributed by atoms with Gasteiger partial charge >= 0.3 is 0 Å². The van der Waals surface area contributed by atoms with Crippen LogP contribution in [0.15, 0.2) is 23.0 Å². The molecule has 0 aromatic carbocycles. The Labute approximate surface area is 71.8 Å². The molecule has 0 aliphatic carbocycles. The van der Waals surface area contributed by atoms with Crippen molar-refractivity contribution in [3.63, 3.8) is 0 Å². The lowest BCUT2D eigenvalue weighted by atomic mass is 10.2. The molecule has 0 bridgehead atoms. The molecule has 1 heteroatoms. The van der Waals surface area contributed by atoms with Gasteiger partial charge in [-0.1, -0.05) is 32.9 Å². The van der Waals surface area contributed by atoms with Crippen LogP contribution in [0.4, 0.5) is 0 Å². The molecule has 0 atom stereocenters. The first kappa shape index (κ1) is 10.7. The minimum Gasteiger partial charge on any atom is -0.0958 e. The van der Waals surface area contributed by atoms with Crippen LogP contribution >= 0.6 is 8.20 Å². The SMILES string of the molecule is C=C(C)C=PC(C)=C(C)CC. The minimum atomic E-state index is 1.15. The van der Waals surface area contributed by atoms with Gasteiger partial charge in [0.05, 0.1) is 0 Å². The molecule has 0 rings (SSSR count). The van der Waals surface area contributed by atoms with Crippen molar-refractivity contribution in [1.29, 1.82) is 0 Å². The van der Waals surface area contributed by atoms with Crippen LogP contribution in [-0.2, 0) is 0 Å². The van der Waals surface area contributed by atoms with E-state index in [4.69, 9.17) is 0 Å². The van der Waals surface area contributed by atoms with Crippen molar-refractivity contribution >= 4 is 14.0 Å². The highest BCUT2D eigenvalue weighted by atomic mass is 31.1. The van der Waals surface area contributed by atoms with E-state index in [9.17, 15) is 0 Å². The Kier molecular flexibility index (Phi) is 5.15. The van der Waals surface area contributed by atoms with Crippen molar-refractivity contribution in [3.05, 3.63) is 23.0 Å². The maximum absolute atomic E-state index is 3.83. The summed E-state index contributed by atoms with van der Waals surface area (Å²) in [6.45, 7) is 12.4. The molecule has 0 unspecified atom stereocenters. The first-order valence-electron chi connectivity index (χ1n) is 3.93. The molecule has 0 aromatic rings. The van der Waals surface area contributed by atoms with Crippen LogP contribution in [0.1, 0.15) is 34.1 Å². The third-order valence-electron chi connectivity index (χ3n) is 1.63. The molecule has 0 fully saturated rings. The van der Waals surface area contributed by atoms with Crippen LogP contribution in [0, 0.1) is 0 Å². The van der Waals surface area contributed by atoms with Gasteiger partial charge in [0.25, 0.3) is 0 Å². The largest absolute Gasteiger partial charge is 0.0958 e. The summed E-state index contributed by atoms with van der Waals surface area (Å²) in [6.07, 6.45) is 1.16. The van der Waals surface area contributed by atoms with Crippen LogP contribution in [0.5, 0.6) is 0 Å². The summed E-state index contributed by atoms with van der Waals surface area (Å²) in [5, 5.41) is 1.45. The van der Waals surface area contributed by atoms with Crippen LogP contribution in [0.25, 0.3) is 0 Å². The molecule has 62 valence electrons. The second kappa shape index (κ2) is 5.32. The van der Waals surface area contributed by atoms with E-state index in [-0.39, 0.29) is 0 Å². The third-order valence-corrected chi connectivity index (χ3v) is 2.97. The van der Waals surface area contributed by atoms with E-state index in [0.29, 0.717) is 0 Å². The molecule has 0 aliphatic rings. The molecule has 0 amide bonds. The second-order valence-corrected chi connectivity index (χ2v) is 4.01. The van der Waals surface area contributed by atoms with E-state index in [1.807, 2.05) is 6.92 Å². The fraction of sp³-hybridized carbons (Fsp3) is 0.500. The molecular formula is C10H17P. The second-order valence-electron chi connectivity index (χ2n) is 2.82. The first-order chi connectivity index (χ1) is 5.07. The summed E-state index contributed by atoms with van der Waals surface area (Å²) in [5.74, 6) is 2.15. The van der Waals surface area contributed by atoms with Gasteiger partial charge in [-0.15, -0.1) is 0 Å². The molecule has 0 N–H and O–H groups in total. The average molecular weight is 168 g/mol. The monoisotopic (exact) mass is 168 g/mol. The number of hydrogen-bond donors (Lipinski definition) is 0. The van der Waals surface area contributed by atoms with E-state index in [0.717, 1.165) is 12.0 Å². The number of allylic oxidation sites excluding steroid dienone is 3. The summed E-state index contributed by atoms with van der Waals surface area (Å²) >= 11 is 0. The van der Waals surface area contributed by atoms with E-state index in [1.54, 1.807) is 0 Å². The molecule has 0 spiro atoms.